The van der Waals surface area contributed by atoms with Crippen LogP contribution in [0.15, 0.2) is 54.6 Å². The second kappa shape index (κ2) is 9.47. The van der Waals surface area contributed by atoms with E-state index in [1.165, 1.54) is 31.2 Å². The van der Waals surface area contributed by atoms with Crippen molar-refractivity contribution in [1.82, 2.24) is 10.6 Å². The van der Waals surface area contributed by atoms with Gasteiger partial charge in [-0.3, -0.25) is 14.4 Å². The number of benzene rings is 2. The lowest BCUT2D eigenvalue weighted by molar-refractivity contribution is -0.130. The molecular weight excluding hydrogens is 349 g/mol. The van der Waals surface area contributed by atoms with Crippen LogP contribution in [0.2, 0.25) is 0 Å². The van der Waals surface area contributed by atoms with Crippen molar-refractivity contribution in [2.24, 2.45) is 5.73 Å². The number of carbonyl (C=O) groups excluding carboxylic acids is 3. The predicted molar refractivity (Wildman–Crippen MR) is 99.0 cm³/mol. The predicted octanol–water partition coefficient (Wildman–Crippen LogP) is 1.09. The molecule has 4 N–H and O–H groups in total. The summed E-state index contributed by atoms with van der Waals surface area (Å²) in [6.45, 7) is 1.29. The Bertz CT molecular complexity index is 794. The number of halogens is 1. The summed E-state index contributed by atoms with van der Waals surface area (Å²) in [7, 11) is 0. The fraction of sp³-hybridized carbons (Fsp3) is 0.250. The number of hydrogen-bond acceptors (Lipinski definition) is 3. The molecule has 0 aliphatic heterocycles. The van der Waals surface area contributed by atoms with E-state index in [1.54, 1.807) is 0 Å². The Morgan fingerprint density at radius 2 is 1.44 bits per heavy atom. The number of nitrogens with two attached hydrogens (primary N) is 1. The first-order valence-electron chi connectivity index (χ1n) is 8.50. The number of primary amides is 1. The largest absolute Gasteiger partial charge is 0.368 e. The highest BCUT2D eigenvalue weighted by Crippen LogP contribution is 2.08. The molecule has 6 nitrogen and oxygen atoms in total. The third-order valence-corrected chi connectivity index (χ3v) is 3.99. The maximum atomic E-state index is 13.1. The van der Waals surface area contributed by atoms with E-state index in [4.69, 9.17) is 5.73 Å². The van der Waals surface area contributed by atoms with Gasteiger partial charge in [-0.25, -0.2) is 4.39 Å². The molecule has 0 radical (unpaired) electrons. The molecule has 27 heavy (non-hydrogen) atoms. The number of carbonyl (C=O) groups is 3. The molecule has 0 heterocycles. The Hall–Kier alpha value is -3.22. The molecule has 0 unspecified atom stereocenters. The van der Waals surface area contributed by atoms with E-state index in [1.807, 2.05) is 30.3 Å². The van der Waals surface area contributed by atoms with Gasteiger partial charge < -0.3 is 16.4 Å². The molecule has 0 aromatic heterocycles. The lowest BCUT2D eigenvalue weighted by Gasteiger charge is -2.22. The summed E-state index contributed by atoms with van der Waals surface area (Å²) >= 11 is 0. The molecule has 0 saturated heterocycles. The van der Waals surface area contributed by atoms with E-state index in [0.29, 0.717) is 5.56 Å². The third-order valence-electron chi connectivity index (χ3n) is 3.99. The van der Waals surface area contributed by atoms with Crippen molar-refractivity contribution < 1.29 is 18.8 Å². The molecule has 2 aromatic rings. The van der Waals surface area contributed by atoms with Gasteiger partial charge in [0.25, 0.3) is 0 Å². The van der Waals surface area contributed by atoms with Crippen LogP contribution < -0.4 is 16.4 Å². The van der Waals surface area contributed by atoms with Crippen LogP contribution in [-0.4, -0.2) is 29.8 Å². The fourth-order valence-corrected chi connectivity index (χ4v) is 2.66. The standard InChI is InChI=1S/C20H22FN3O3/c1-13(25)23-18(12-15-7-9-16(21)10-8-15)20(27)24-17(19(22)26)11-14-5-3-2-4-6-14/h2-10,17-18H,11-12H2,1H3,(H2,22,26)(H,23,25)(H,24,27)/t17-,18-/m1/s1. The van der Waals surface area contributed by atoms with Crippen molar-refractivity contribution in [3.63, 3.8) is 0 Å². The molecule has 0 fully saturated rings. The summed E-state index contributed by atoms with van der Waals surface area (Å²) in [6, 6.07) is 12.9. The smallest absolute Gasteiger partial charge is 0.243 e. The first kappa shape index (κ1) is 20.1. The summed E-state index contributed by atoms with van der Waals surface area (Å²) in [4.78, 5) is 35.9. The zero-order chi connectivity index (χ0) is 19.8. The number of nitrogens with one attached hydrogen (secondary N) is 2. The summed E-state index contributed by atoms with van der Waals surface area (Å²) in [5.74, 6) is -1.99. The van der Waals surface area contributed by atoms with Gasteiger partial charge in [0.15, 0.2) is 0 Å². The summed E-state index contributed by atoms with van der Waals surface area (Å²) < 4.78 is 13.1. The molecule has 7 heteroatoms. The normalized spacial score (nSPS) is 12.7. The first-order valence-corrected chi connectivity index (χ1v) is 8.50. The van der Waals surface area contributed by atoms with E-state index in [0.717, 1.165) is 5.56 Å². The van der Waals surface area contributed by atoms with Crippen LogP contribution in [0.4, 0.5) is 4.39 Å². The van der Waals surface area contributed by atoms with Crippen LogP contribution in [0, 0.1) is 5.82 Å². The minimum absolute atomic E-state index is 0.155. The van der Waals surface area contributed by atoms with E-state index in [-0.39, 0.29) is 12.8 Å². The fourth-order valence-electron chi connectivity index (χ4n) is 2.66. The minimum atomic E-state index is -0.913. The first-order chi connectivity index (χ1) is 12.8. The SMILES string of the molecule is CC(=O)N[C@H](Cc1ccc(F)cc1)C(=O)N[C@H](Cc1ccccc1)C(N)=O. The Morgan fingerprint density at radius 1 is 0.889 bits per heavy atom. The van der Waals surface area contributed by atoms with Crippen LogP contribution >= 0.6 is 0 Å². The van der Waals surface area contributed by atoms with E-state index in [2.05, 4.69) is 10.6 Å². The topological polar surface area (TPSA) is 101 Å². The molecule has 2 aromatic carbocycles. The minimum Gasteiger partial charge on any atom is -0.368 e. The van der Waals surface area contributed by atoms with Gasteiger partial charge in [0, 0.05) is 19.8 Å². The molecular formula is C20H22FN3O3. The van der Waals surface area contributed by atoms with Gasteiger partial charge >= 0.3 is 0 Å². The van der Waals surface area contributed by atoms with Crippen LogP contribution in [-0.2, 0) is 27.2 Å². The molecule has 2 rings (SSSR count). The molecule has 0 aliphatic carbocycles. The van der Waals surface area contributed by atoms with Crippen LogP contribution in [0.3, 0.4) is 0 Å². The van der Waals surface area contributed by atoms with Crippen molar-refractivity contribution >= 4 is 17.7 Å². The molecule has 142 valence electrons. The average Bonchev–Trinajstić information content (AvgIpc) is 2.62. The maximum absolute atomic E-state index is 13.1. The molecule has 0 bridgehead atoms. The number of hydrogen-bond donors (Lipinski definition) is 3. The summed E-state index contributed by atoms with van der Waals surface area (Å²) in [5, 5.41) is 5.15. The van der Waals surface area contributed by atoms with Crippen LogP contribution in [0.5, 0.6) is 0 Å². The van der Waals surface area contributed by atoms with Gasteiger partial charge in [0.1, 0.15) is 17.9 Å². The summed E-state index contributed by atoms with van der Waals surface area (Å²) in [5.41, 5.74) is 6.93. The molecule has 0 spiro atoms. The van der Waals surface area contributed by atoms with Crippen molar-refractivity contribution in [2.75, 3.05) is 0 Å². The quantitative estimate of drug-likeness (QED) is 0.647. The average molecular weight is 371 g/mol. The van der Waals surface area contributed by atoms with Gasteiger partial charge in [0.05, 0.1) is 0 Å². The van der Waals surface area contributed by atoms with E-state index in [9.17, 15) is 18.8 Å². The van der Waals surface area contributed by atoms with Gasteiger partial charge in [-0.1, -0.05) is 42.5 Å². The van der Waals surface area contributed by atoms with Gasteiger partial charge in [-0.2, -0.15) is 0 Å². The highest BCUT2D eigenvalue weighted by molar-refractivity contribution is 5.91. The lowest BCUT2D eigenvalue weighted by atomic mass is 10.0. The monoisotopic (exact) mass is 371 g/mol. The Kier molecular flexibility index (Phi) is 7.05. The van der Waals surface area contributed by atoms with Gasteiger partial charge in [-0.05, 0) is 23.3 Å². The van der Waals surface area contributed by atoms with Crippen molar-refractivity contribution in [1.29, 1.82) is 0 Å². The van der Waals surface area contributed by atoms with Crippen molar-refractivity contribution in [3.05, 3.63) is 71.5 Å². The highest BCUT2D eigenvalue weighted by atomic mass is 19.1. The Balaban J connectivity index is 2.10. The number of rotatable bonds is 8. The lowest BCUT2D eigenvalue weighted by Crippen LogP contribution is -2.54. The maximum Gasteiger partial charge on any atom is 0.243 e. The Morgan fingerprint density at radius 3 is 2.00 bits per heavy atom. The van der Waals surface area contributed by atoms with E-state index < -0.39 is 35.6 Å². The number of amides is 3. The second-order valence-corrected chi connectivity index (χ2v) is 6.24. The van der Waals surface area contributed by atoms with Gasteiger partial charge in [-0.15, -0.1) is 0 Å². The zero-order valence-electron chi connectivity index (χ0n) is 14.9. The van der Waals surface area contributed by atoms with Gasteiger partial charge in [0.2, 0.25) is 17.7 Å². The molecule has 0 saturated carbocycles. The van der Waals surface area contributed by atoms with Crippen LogP contribution in [0.1, 0.15) is 18.1 Å². The Labute approximate surface area is 156 Å². The molecule has 0 aliphatic rings. The second-order valence-electron chi connectivity index (χ2n) is 6.24. The summed E-state index contributed by atoms with van der Waals surface area (Å²) in [6.07, 6.45) is 0.397. The van der Waals surface area contributed by atoms with E-state index >= 15 is 0 Å². The molecule has 2 atom stereocenters. The van der Waals surface area contributed by atoms with Crippen LogP contribution in [0.25, 0.3) is 0 Å². The molecule has 3 amide bonds. The van der Waals surface area contributed by atoms with Crippen molar-refractivity contribution in [2.45, 2.75) is 31.8 Å². The zero-order valence-corrected chi connectivity index (χ0v) is 14.9. The van der Waals surface area contributed by atoms with Crippen molar-refractivity contribution in [3.8, 4) is 0 Å². The third kappa shape index (κ3) is 6.54. The highest BCUT2D eigenvalue weighted by Gasteiger charge is 2.25.